The Bertz CT molecular complexity index is 326. The molecule has 0 saturated heterocycles. The number of hydrogen-bond acceptors (Lipinski definition) is 4. The highest BCUT2D eigenvalue weighted by molar-refractivity contribution is 9.11. The zero-order chi connectivity index (χ0) is 10.2. The largest absolute Gasteiger partial charge is 0.359 e. The highest BCUT2D eigenvalue weighted by Crippen LogP contribution is 2.50. The van der Waals surface area contributed by atoms with Crippen LogP contribution in [0.1, 0.15) is 12.8 Å². The summed E-state index contributed by atoms with van der Waals surface area (Å²) in [4.78, 5) is 0. The van der Waals surface area contributed by atoms with Crippen molar-refractivity contribution in [3.8, 4) is 0 Å². The van der Waals surface area contributed by atoms with Crippen molar-refractivity contribution in [1.82, 2.24) is 10.2 Å². The minimum absolute atomic E-state index is 0.284. The van der Waals surface area contributed by atoms with Gasteiger partial charge >= 0.3 is 0 Å². The summed E-state index contributed by atoms with van der Waals surface area (Å²) in [7, 11) is 0. The molecule has 1 aromatic rings. The van der Waals surface area contributed by atoms with E-state index in [2.05, 4.69) is 31.4 Å². The molecular weight excluding hydrogens is 276 g/mol. The van der Waals surface area contributed by atoms with Crippen LogP contribution in [0.25, 0.3) is 0 Å². The molecule has 2 rings (SSSR count). The maximum Gasteiger partial charge on any atom is 0.245 e. The van der Waals surface area contributed by atoms with Crippen molar-refractivity contribution in [3.63, 3.8) is 0 Å². The second-order valence-corrected chi connectivity index (χ2v) is 5.63. The predicted molar refractivity (Wildman–Crippen MR) is 53.8 cm³/mol. The molecule has 1 aliphatic rings. The van der Waals surface area contributed by atoms with Gasteiger partial charge in [0.05, 0.1) is 0 Å². The van der Waals surface area contributed by atoms with Gasteiger partial charge in [0.15, 0.2) is 3.92 Å². The van der Waals surface area contributed by atoms with Crippen molar-refractivity contribution in [2.45, 2.75) is 19.3 Å². The van der Waals surface area contributed by atoms with Crippen molar-refractivity contribution in [2.75, 3.05) is 11.9 Å². The van der Waals surface area contributed by atoms with E-state index < -0.39 is 11.8 Å². The van der Waals surface area contributed by atoms with Crippen LogP contribution in [0, 0.1) is 5.41 Å². The van der Waals surface area contributed by atoms with Gasteiger partial charge in [-0.2, -0.15) is 0 Å². The number of rotatable bonds is 4. The second-order valence-electron chi connectivity index (χ2n) is 3.38. The molecule has 1 saturated carbocycles. The molecule has 0 unspecified atom stereocenters. The number of nitrogens with one attached hydrogen (secondary N) is 1. The van der Waals surface area contributed by atoms with E-state index in [4.69, 9.17) is 0 Å². The highest BCUT2D eigenvalue weighted by atomic mass is 79.9. The van der Waals surface area contributed by atoms with Crippen LogP contribution in [0.3, 0.4) is 0 Å². The number of nitrogens with zero attached hydrogens (tertiary/aromatic N) is 2. The Labute approximate surface area is 92.0 Å². The molecule has 0 bridgehead atoms. The summed E-state index contributed by atoms with van der Waals surface area (Å²) in [6.07, 6.45) is -1.05. The van der Waals surface area contributed by atoms with Gasteiger partial charge in [-0.15, -0.1) is 10.2 Å². The van der Waals surface area contributed by atoms with Gasteiger partial charge in [-0.25, -0.2) is 8.78 Å². The molecule has 1 heterocycles. The van der Waals surface area contributed by atoms with Gasteiger partial charge in [0.2, 0.25) is 11.6 Å². The number of halogens is 3. The Morgan fingerprint density at radius 2 is 2.21 bits per heavy atom. The van der Waals surface area contributed by atoms with Crippen molar-refractivity contribution in [3.05, 3.63) is 3.92 Å². The summed E-state index contributed by atoms with van der Waals surface area (Å²) >= 11 is 4.46. The Kier molecular flexibility index (Phi) is 2.70. The molecule has 14 heavy (non-hydrogen) atoms. The maximum absolute atomic E-state index is 12.5. The zero-order valence-electron chi connectivity index (χ0n) is 7.14. The van der Waals surface area contributed by atoms with Gasteiger partial charge in [-0.3, -0.25) is 0 Å². The van der Waals surface area contributed by atoms with E-state index in [0.717, 1.165) is 0 Å². The number of anilines is 1. The molecule has 3 nitrogen and oxygen atoms in total. The molecule has 0 aromatic carbocycles. The molecule has 0 spiro atoms. The first-order valence-corrected chi connectivity index (χ1v) is 5.74. The predicted octanol–water partition coefficient (Wildman–Crippen LogP) is 2.76. The van der Waals surface area contributed by atoms with Crippen LogP contribution in [0.4, 0.5) is 13.9 Å². The van der Waals surface area contributed by atoms with Crippen LogP contribution in [0.5, 0.6) is 0 Å². The summed E-state index contributed by atoms with van der Waals surface area (Å²) in [5.74, 6) is 0. The Hall–Kier alpha value is -0.300. The lowest BCUT2D eigenvalue weighted by atomic mass is 10.1. The monoisotopic (exact) mass is 283 g/mol. The zero-order valence-corrected chi connectivity index (χ0v) is 9.54. The van der Waals surface area contributed by atoms with Gasteiger partial charge < -0.3 is 5.32 Å². The third kappa shape index (κ3) is 2.03. The lowest BCUT2D eigenvalue weighted by molar-refractivity contribution is 0.0687. The van der Waals surface area contributed by atoms with E-state index in [9.17, 15) is 8.78 Å². The fraction of sp³-hybridized carbons (Fsp3) is 0.714. The van der Waals surface area contributed by atoms with E-state index in [1.165, 1.54) is 11.3 Å². The topological polar surface area (TPSA) is 37.8 Å². The Morgan fingerprint density at radius 3 is 2.64 bits per heavy atom. The summed E-state index contributed by atoms with van der Waals surface area (Å²) < 4.78 is 25.7. The molecule has 78 valence electrons. The molecule has 0 aliphatic heterocycles. The SMILES string of the molecule is FC(F)C1(CNc2nnc(Br)s2)CC1. The lowest BCUT2D eigenvalue weighted by Crippen LogP contribution is -2.22. The first-order chi connectivity index (χ1) is 6.62. The molecule has 1 N–H and O–H groups in total. The first kappa shape index (κ1) is 10.2. The number of hydrogen-bond donors (Lipinski definition) is 1. The number of aromatic nitrogens is 2. The van der Waals surface area contributed by atoms with Crippen LogP contribution < -0.4 is 5.32 Å². The third-order valence-electron chi connectivity index (χ3n) is 2.35. The van der Waals surface area contributed by atoms with Gasteiger partial charge in [-0.1, -0.05) is 11.3 Å². The van der Waals surface area contributed by atoms with Crippen molar-refractivity contribution >= 4 is 32.4 Å². The normalized spacial score (nSPS) is 18.6. The van der Waals surface area contributed by atoms with E-state index in [0.29, 0.717) is 21.9 Å². The average Bonchev–Trinajstić information content (AvgIpc) is 2.82. The minimum Gasteiger partial charge on any atom is -0.359 e. The molecular formula is C7H8BrF2N3S. The standard InChI is InChI=1S/C7H8BrF2N3S/c8-5-12-13-6(14-5)11-3-7(1-2-7)4(9)10/h4H,1-3H2,(H,11,13). The molecule has 1 fully saturated rings. The van der Waals surface area contributed by atoms with Crippen molar-refractivity contribution in [2.24, 2.45) is 5.41 Å². The second kappa shape index (κ2) is 3.69. The molecule has 1 aromatic heterocycles. The van der Waals surface area contributed by atoms with Gasteiger partial charge in [0.25, 0.3) is 0 Å². The van der Waals surface area contributed by atoms with Gasteiger partial charge in [0, 0.05) is 12.0 Å². The summed E-state index contributed by atoms with van der Waals surface area (Å²) in [6, 6.07) is 0. The van der Waals surface area contributed by atoms with E-state index >= 15 is 0 Å². The Balaban J connectivity index is 1.89. The first-order valence-electron chi connectivity index (χ1n) is 4.13. The summed E-state index contributed by atoms with van der Waals surface area (Å²) in [5.41, 5.74) is -0.807. The fourth-order valence-corrected chi connectivity index (χ4v) is 2.17. The maximum atomic E-state index is 12.5. The summed E-state index contributed by atoms with van der Waals surface area (Å²) in [5, 5.41) is 11.0. The number of alkyl halides is 2. The molecule has 1 aliphatic carbocycles. The van der Waals surface area contributed by atoms with Crippen molar-refractivity contribution in [1.29, 1.82) is 0 Å². The Morgan fingerprint density at radius 1 is 1.50 bits per heavy atom. The van der Waals surface area contributed by atoms with Crippen LogP contribution in [0.2, 0.25) is 0 Å². The van der Waals surface area contributed by atoms with Crippen LogP contribution in [0.15, 0.2) is 3.92 Å². The van der Waals surface area contributed by atoms with Gasteiger partial charge in [-0.05, 0) is 28.8 Å². The minimum atomic E-state index is -2.24. The molecule has 0 atom stereocenters. The third-order valence-corrected chi connectivity index (χ3v) is 3.66. The quantitative estimate of drug-likeness (QED) is 0.923. The van der Waals surface area contributed by atoms with E-state index in [1.807, 2.05) is 0 Å². The smallest absolute Gasteiger partial charge is 0.245 e. The fourth-order valence-electron chi connectivity index (χ4n) is 1.16. The summed E-state index contributed by atoms with van der Waals surface area (Å²) in [6.45, 7) is 0.284. The molecule has 7 heteroatoms. The van der Waals surface area contributed by atoms with Crippen LogP contribution in [-0.2, 0) is 0 Å². The van der Waals surface area contributed by atoms with E-state index in [1.54, 1.807) is 0 Å². The highest BCUT2D eigenvalue weighted by Gasteiger charge is 2.50. The van der Waals surface area contributed by atoms with Gasteiger partial charge in [0.1, 0.15) is 0 Å². The van der Waals surface area contributed by atoms with Crippen LogP contribution in [-0.4, -0.2) is 23.2 Å². The van der Waals surface area contributed by atoms with E-state index in [-0.39, 0.29) is 6.54 Å². The molecule has 0 amide bonds. The average molecular weight is 284 g/mol. The van der Waals surface area contributed by atoms with Crippen LogP contribution >= 0.6 is 27.3 Å². The molecule has 0 radical (unpaired) electrons. The lowest BCUT2D eigenvalue weighted by Gasteiger charge is -2.13. The van der Waals surface area contributed by atoms with Crippen molar-refractivity contribution < 1.29 is 8.78 Å².